The van der Waals surface area contributed by atoms with Crippen molar-refractivity contribution in [3.63, 3.8) is 0 Å². The number of carbonyl (C=O) groups excluding carboxylic acids is 2. The van der Waals surface area contributed by atoms with Gasteiger partial charge in [-0.15, -0.1) is 0 Å². The van der Waals surface area contributed by atoms with Gasteiger partial charge in [0.05, 0.1) is 11.1 Å². The van der Waals surface area contributed by atoms with Crippen LogP contribution in [0.2, 0.25) is 0 Å². The third kappa shape index (κ3) is 1.72. The van der Waals surface area contributed by atoms with Gasteiger partial charge in [0.1, 0.15) is 5.75 Å². The van der Waals surface area contributed by atoms with Crippen molar-refractivity contribution in [1.82, 2.24) is 0 Å². The number of benzene rings is 1. The van der Waals surface area contributed by atoms with Crippen LogP contribution in [0.1, 0.15) is 32.8 Å². The second-order valence-electron chi connectivity index (χ2n) is 4.87. The summed E-state index contributed by atoms with van der Waals surface area (Å²) in [6, 6.07) is 3.27. The number of rotatable bonds is 2. The summed E-state index contributed by atoms with van der Waals surface area (Å²) in [4.78, 5) is 23.1. The molecule has 0 atom stereocenters. The van der Waals surface area contributed by atoms with Crippen molar-refractivity contribution in [3.05, 3.63) is 17.7 Å². The molecule has 2 amide bonds. The van der Waals surface area contributed by atoms with Crippen LogP contribution >= 0.6 is 0 Å². The van der Waals surface area contributed by atoms with E-state index in [1.54, 1.807) is 32.9 Å². The fourth-order valence-electron chi connectivity index (χ4n) is 2.06. The van der Waals surface area contributed by atoms with Gasteiger partial charge in [0, 0.05) is 17.7 Å². The molecule has 0 aliphatic carbocycles. The molecular weight excluding hydrogens is 232 g/mol. The van der Waals surface area contributed by atoms with E-state index in [9.17, 15) is 14.7 Å². The summed E-state index contributed by atoms with van der Waals surface area (Å²) in [6.45, 7) is 5.20. The maximum atomic E-state index is 11.8. The summed E-state index contributed by atoms with van der Waals surface area (Å²) >= 11 is 0. The van der Waals surface area contributed by atoms with Gasteiger partial charge in [-0.1, -0.05) is 6.92 Å². The van der Waals surface area contributed by atoms with E-state index in [1.807, 2.05) is 0 Å². The molecule has 1 aromatic carbocycles. The number of amides is 2. The first kappa shape index (κ1) is 12.4. The van der Waals surface area contributed by atoms with E-state index in [4.69, 9.17) is 0 Å². The van der Waals surface area contributed by atoms with Gasteiger partial charge < -0.3 is 15.7 Å². The van der Waals surface area contributed by atoms with Gasteiger partial charge in [0.2, 0.25) is 11.8 Å². The minimum Gasteiger partial charge on any atom is -0.505 e. The highest BCUT2D eigenvalue weighted by atomic mass is 16.3. The van der Waals surface area contributed by atoms with Crippen LogP contribution in [0.3, 0.4) is 0 Å². The number of hydrogen-bond donors (Lipinski definition) is 3. The van der Waals surface area contributed by atoms with E-state index in [0.29, 0.717) is 23.4 Å². The summed E-state index contributed by atoms with van der Waals surface area (Å²) in [6.07, 6.45) is 0.330. The predicted octanol–water partition coefficient (Wildman–Crippen LogP) is 1.97. The van der Waals surface area contributed by atoms with Crippen LogP contribution in [-0.2, 0) is 15.0 Å². The molecule has 2 rings (SSSR count). The van der Waals surface area contributed by atoms with Crippen molar-refractivity contribution in [3.8, 4) is 5.75 Å². The SMILES string of the molecule is CCC(=O)Nc1ccc2c(c1O)C(C)(C)C(=O)N2. The summed E-state index contributed by atoms with van der Waals surface area (Å²) in [5.74, 6) is -0.384. The minimum atomic E-state index is -0.799. The van der Waals surface area contributed by atoms with Crippen LogP contribution in [0, 0.1) is 0 Å². The third-order valence-corrected chi connectivity index (χ3v) is 3.21. The molecular formula is C13H16N2O3. The molecule has 0 radical (unpaired) electrons. The third-order valence-electron chi connectivity index (χ3n) is 3.21. The highest BCUT2D eigenvalue weighted by Gasteiger charge is 2.41. The Bertz CT molecular complexity index is 535. The molecule has 0 aromatic heterocycles. The number of nitrogens with one attached hydrogen (secondary N) is 2. The largest absolute Gasteiger partial charge is 0.505 e. The highest BCUT2D eigenvalue weighted by Crippen LogP contribution is 2.46. The molecule has 3 N–H and O–H groups in total. The van der Waals surface area contributed by atoms with Crippen LogP contribution < -0.4 is 10.6 Å². The van der Waals surface area contributed by atoms with Crippen LogP contribution in [0.5, 0.6) is 5.75 Å². The molecule has 0 unspecified atom stereocenters. The Balaban J connectivity index is 2.49. The first-order valence-electron chi connectivity index (χ1n) is 5.85. The molecule has 1 aromatic rings. The molecule has 0 fully saturated rings. The second kappa shape index (κ2) is 4.01. The van der Waals surface area contributed by atoms with Gasteiger partial charge in [-0.3, -0.25) is 9.59 Å². The van der Waals surface area contributed by atoms with E-state index < -0.39 is 5.41 Å². The number of phenolic OH excluding ortho intramolecular Hbond substituents is 1. The molecule has 5 nitrogen and oxygen atoms in total. The van der Waals surface area contributed by atoms with Gasteiger partial charge in [0.25, 0.3) is 0 Å². The van der Waals surface area contributed by atoms with Crippen LogP contribution in [0.25, 0.3) is 0 Å². The van der Waals surface area contributed by atoms with Gasteiger partial charge in [-0.05, 0) is 26.0 Å². The van der Waals surface area contributed by atoms with Crippen molar-refractivity contribution in [1.29, 1.82) is 0 Å². The average molecular weight is 248 g/mol. The number of carbonyl (C=O) groups is 2. The smallest absolute Gasteiger partial charge is 0.234 e. The average Bonchev–Trinajstić information content (AvgIpc) is 2.54. The molecule has 96 valence electrons. The fourth-order valence-corrected chi connectivity index (χ4v) is 2.06. The molecule has 0 saturated heterocycles. The van der Waals surface area contributed by atoms with E-state index in [2.05, 4.69) is 10.6 Å². The first-order valence-corrected chi connectivity index (χ1v) is 5.85. The molecule has 1 heterocycles. The van der Waals surface area contributed by atoms with Crippen LogP contribution in [-0.4, -0.2) is 16.9 Å². The Morgan fingerprint density at radius 2 is 2.11 bits per heavy atom. The van der Waals surface area contributed by atoms with E-state index >= 15 is 0 Å². The lowest BCUT2D eigenvalue weighted by atomic mass is 9.85. The summed E-state index contributed by atoms with van der Waals surface area (Å²) in [5, 5.41) is 15.5. The Kier molecular flexibility index (Phi) is 2.77. The summed E-state index contributed by atoms with van der Waals surface area (Å²) in [7, 11) is 0. The molecule has 5 heteroatoms. The molecule has 1 aliphatic heterocycles. The second-order valence-corrected chi connectivity index (χ2v) is 4.87. The number of fused-ring (bicyclic) bond motifs is 1. The zero-order chi connectivity index (χ0) is 13.5. The Labute approximate surface area is 105 Å². The summed E-state index contributed by atoms with van der Waals surface area (Å²) < 4.78 is 0. The van der Waals surface area contributed by atoms with Gasteiger partial charge >= 0.3 is 0 Å². The number of anilines is 2. The molecule has 0 saturated carbocycles. The van der Waals surface area contributed by atoms with E-state index in [1.165, 1.54) is 0 Å². The maximum absolute atomic E-state index is 11.8. The number of phenols is 1. The Morgan fingerprint density at radius 3 is 2.72 bits per heavy atom. The fraction of sp³-hybridized carbons (Fsp3) is 0.385. The van der Waals surface area contributed by atoms with Crippen LogP contribution in [0.4, 0.5) is 11.4 Å². The normalized spacial score (nSPS) is 16.1. The zero-order valence-corrected chi connectivity index (χ0v) is 10.6. The highest BCUT2D eigenvalue weighted by molar-refractivity contribution is 6.08. The zero-order valence-electron chi connectivity index (χ0n) is 10.6. The monoisotopic (exact) mass is 248 g/mol. The first-order chi connectivity index (χ1) is 8.37. The van der Waals surface area contributed by atoms with Crippen molar-refractivity contribution < 1.29 is 14.7 Å². The van der Waals surface area contributed by atoms with E-state index in [0.717, 1.165) is 0 Å². The van der Waals surface area contributed by atoms with Crippen molar-refractivity contribution >= 4 is 23.2 Å². The van der Waals surface area contributed by atoms with Crippen LogP contribution in [0.15, 0.2) is 12.1 Å². The van der Waals surface area contributed by atoms with E-state index in [-0.39, 0.29) is 17.6 Å². The van der Waals surface area contributed by atoms with Gasteiger partial charge in [0.15, 0.2) is 0 Å². The van der Waals surface area contributed by atoms with Crippen molar-refractivity contribution in [2.24, 2.45) is 0 Å². The lowest BCUT2D eigenvalue weighted by Gasteiger charge is -2.18. The topological polar surface area (TPSA) is 78.4 Å². The molecule has 0 bridgehead atoms. The number of hydrogen-bond acceptors (Lipinski definition) is 3. The van der Waals surface area contributed by atoms with Crippen molar-refractivity contribution in [2.45, 2.75) is 32.6 Å². The lowest BCUT2D eigenvalue weighted by molar-refractivity contribution is -0.119. The predicted molar refractivity (Wildman–Crippen MR) is 68.7 cm³/mol. The Hall–Kier alpha value is -2.04. The standard InChI is InChI=1S/C13H16N2O3/c1-4-9(16)14-8-6-5-7-10(11(8)17)13(2,3)12(18)15-7/h5-6,17H,4H2,1-3H3,(H,14,16)(H,15,18). The Morgan fingerprint density at radius 1 is 1.44 bits per heavy atom. The molecule has 1 aliphatic rings. The quantitative estimate of drug-likeness (QED) is 0.700. The maximum Gasteiger partial charge on any atom is 0.234 e. The lowest BCUT2D eigenvalue weighted by Crippen LogP contribution is -2.27. The van der Waals surface area contributed by atoms with Gasteiger partial charge in [-0.25, -0.2) is 0 Å². The number of aromatic hydroxyl groups is 1. The molecule has 18 heavy (non-hydrogen) atoms. The molecule has 0 spiro atoms. The summed E-state index contributed by atoms with van der Waals surface area (Å²) in [5.41, 5.74) is 0.662. The minimum absolute atomic E-state index is 0.0438. The van der Waals surface area contributed by atoms with Crippen molar-refractivity contribution in [2.75, 3.05) is 10.6 Å². The van der Waals surface area contributed by atoms with Gasteiger partial charge in [-0.2, -0.15) is 0 Å².